The molecule has 21 heavy (non-hydrogen) atoms. The average Bonchev–Trinajstić information content (AvgIpc) is 2.69. The van der Waals surface area contributed by atoms with Crippen LogP contribution >= 0.6 is 11.3 Å². The Morgan fingerprint density at radius 1 is 1.19 bits per heavy atom. The number of aryl methyl sites for hydroxylation is 1. The van der Waals surface area contributed by atoms with Gasteiger partial charge in [-0.15, -0.1) is 11.3 Å². The molecule has 0 saturated carbocycles. The van der Waals surface area contributed by atoms with Crippen molar-refractivity contribution in [1.82, 2.24) is 0 Å². The monoisotopic (exact) mass is 315 g/mol. The molecule has 0 fully saturated rings. The molecule has 7 nitrogen and oxygen atoms in total. The summed E-state index contributed by atoms with van der Waals surface area (Å²) in [5, 5.41) is 18.2. The van der Waals surface area contributed by atoms with E-state index in [9.17, 15) is 14.4 Å². The Kier molecular flexibility index (Phi) is 5.71. The lowest BCUT2D eigenvalue weighted by molar-refractivity contribution is -0.138. The fourth-order valence-corrected chi connectivity index (χ4v) is 2.99. The number of aliphatic carboxylic acids is 2. The summed E-state index contributed by atoms with van der Waals surface area (Å²) in [7, 11) is 1.25. The molecule has 0 amide bonds. The SMILES string of the molecule is COC(=O)c1c(N(CCC(=O)O)CC(=O)O)sc(C)c1C. The molecule has 0 saturated heterocycles. The summed E-state index contributed by atoms with van der Waals surface area (Å²) in [6.45, 7) is 3.19. The van der Waals surface area contributed by atoms with Crippen LogP contribution in [0.1, 0.15) is 27.2 Å². The second-order valence-electron chi connectivity index (χ2n) is 4.41. The Labute approximate surface area is 125 Å². The van der Waals surface area contributed by atoms with Crippen LogP contribution in [-0.2, 0) is 14.3 Å². The molecular weight excluding hydrogens is 298 g/mol. The Bertz CT molecular complexity index is 565. The van der Waals surface area contributed by atoms with Crippen LogP contribution in [0.5, 0.6) is 0 Å². The maximum Gasteiger partial charge on any atom is 0.341 e. The molecule has 0 unspecified atom stereocenters. The van der Waals surface area contributed by atoms with Gasteiger partial charge in [0.25, 0.3) is 0 Å². The first kappa shape index (κ1) is 17.0. The first-order valence-electron chi connectivity index (χ1n) is 6.14. The molecule has 0 aliphatic carbocycles. The largest absolute Gasteiger partial charge is 0.481 e. The van der Waals surface area contributed by atoms with Crippen LogP contribution in [0.15, 0.2) is 0 Å². The standard InChI is InChI=1S/C13H17NO6S/c1-7-8(2)21-12(11(7)13(19)20-3)14(6-10(17)18)5-4-9(15)16/h4-6H2,1-3H3,(H,15,16)(H,17,18). The first-order valence-corrected chi connectivity index (χ1v) is 6.96. The number of carbonyl (C=O) groups is 3. The third kappa shape index (κ3) is 4.19. The minimum absolute atomic E-state index is 0.00498. The number of hydrogen-bond donors (Lipinski definition) is 2. The summed E-state index contributed by atoms with van der Waals surface area (Å²) < 4.78 is 4.73. The average molecular weight is 315 g/mol. The van der Waals surface area contributed by atoms with Crippen LogP contribution in [0, 0.1) is 13.8 Å². The van der Waals surface area contributed by atoms with Crippen LogP contribution in [0.4, 0.5) is 5.00 Å². The molecule has 1 rings (SSSR count). The Morgan fingerprint density at radius 2 is 1.81 bits per heavy atom. The molecular formula is C13H17NO6S. The highest BCUT2D eigenvalue weighted by Crippen LogP contribution is 2.36. The van der Waals surface area contributed by atoms with Crippen LogP contribution in [0.25, 0.3) is 0 Å². The number of carboxylic acids is 2. The molecule has 0 atom stereocenters. The summed E-state index contributed by atoms with van der Waals surface area (Å²) in [4.78, 5) is 35.8. The third-order valence-electron chi connectivity index (χ3n) is 2.97. The molecule has 1 aromatic heterocycles. The van der Waals surface area contributed by atoms with Crippen LogP contribution in [-0.4, -0.2) is 48.3 Å². The predicted molar refractivity (Wildman–Crippen MR) is 77.2 cm³/mol. The van der Waals surface area contributed by atoms with E-state index in [-0.39, 0.29) is 19.5 Å². The second-order valence-corrected chi connectivity index (χ2v) is 5.62. The topological polar surface area (TPSA) is 104 Å². The highest BCUT2D eigenvalue weighted by molar-refractivity contribution is 7.16. The van der Waals surface area contributed by atoms with Crippen molar-refractivity contribution < 1.29 is 29.3 Å². The molecule has 0 aromatic carbocycles. The van der Waals surface area contributed by atoms with Gasteiger partial charge in [0.15, 0.2) is 0 Å². The third-order valence-corrected chi connectivity index (χ3v) is 4.23. The number of rotatable bonds is 7. The lowest BCUT2D eigenvalue weighted by Crippen LogP contribution is -2.32. The summed E-state index contributed by atoms with van der Waals surface area (Å²) >= 11 is 1.26. The number of hydrogen-bond acceptors (Lipinski definition) is 6. The van der Waals surface area contributed by atoms with Gasteiger partial charge >= 0.3 is 17.9 Å². The minimum Gasteiger partial charge on any atom is -0.481 e. The van der Waals surface area contributed by atoms with E-state index >= 15 is 0 Å². The number of esters is 1. The molecule has 116 valence electrons. The zero-order valence-corrected chi connectivity index (χ0v) is 12.8. The summed E-state index contributed by atoms with van der Waals surface area (Å²) in [5.74, 6) is -2.69. The Morgan fingerprint density at radius 3 is 2.29 bits per heavy atom. The molecule has 0 aliphatic heterocycles. The zero-order valence-electron chi connectivity index (χ0n) is 12.0. The predicted octanol–water partition coefficient (Wildman–Crippen LogP) is 1.52. The van der Waals surface area contributed by atoms with E-state index < -0.39 is 17.9 Å². The normalized spacial score (nSPS) is 10.2. The highest BCUT2D eigenvalue weighted by Gasteiger charge is 2.25. The summed E-state index contributed by atoms with van der Waals surface area (Å²) in [6.07, 6.45) is -0.218. The van der Waals surface area contributed by atoms with Gasteiger partial charge in [0.1, 0.15) is 11.5 Å². The van der Waals surface area contributed by atoms with Gasteiger partial charge in [0.2, 0.25) is 0 Å². The lowest BCUT2D eigenvalue weighted by atomic mass is 10.1. The van der Waals surface area contributed by atoms with E-state index in [2.05, 4.69) is 0 Å². The maximum atomic E-state index is 11.9. The number of anilines is 1. The van der Waals surface area contributed by atoms with Crippen molar-refractivity contribution in [3.8, 4) is 0 Å². The van der Waals surface area contributed by atoms with E-state index in [4.69, 9.17) is 14.9 Å². The second kappa shape index (κ2) is 7.07. The van der Waals surface area contributed by atoms with Crippen molar-refractivity contribution in [2.75, 3.05) is 25.1 Å². The molecule has 8 heteroatoms. The van der Waals surface area contributed by atoms with Gasteiger partial charge in [-0.3, -0.25) is 9.59 Å². The van der Waals surface area contributed by atoms with Gasteiger partial charge in [0.05, 0.1) is 19.1 Å². The van der Waals surface area contributed by atoms with Crippen LogP contribution in [0.3, 0.4) is 0 Å². The van der Waals surface area contributed by atoms with E-state index in [0.717, 1.165) is 4.88 Å². The fourth-order valence-electron chi connectivity index (χ4n) is 1.82. The fraction of sp³-hybridized carbons (Fsp3) is 0.462. The van der Waals surface area contributed by atoms with Gasteiger partial charge in [-0.1, -0.05) is 0 Å². The number of thiophene rings is 1. The molecule has 1 heterocycles. The van der Waals surface area contributed by atoms with Gasteiger partial charge < -0.3 is 19.8 Å². The van der Waals surface area contributed by atoms with Gasteiger partial charge in [-0.25, -0.2) is 4.79 Å². The van der Waals surface area contributed by atoms with Crippen molar-refractivity contribution in [3.63, 3.8) is 0 Å². The van der Waals surface area contributed by atoms with Gasteiger partial charge in [0, 0.05) is 11.4 Å². The number of carbonyl (C=O) groups excluding carboxylic acids is 1. The van der Waals surface area contributed by atoms with Crippen molar-refractivity contribution >= 4 is 34.2 Å². The molecule has 0 aliphatic rings. The van der Waals surface area contributed by atoms with E-state index in [1.54, 1.807) is 6.92 Å². The van der Waals surface area contributed by atoms with Crippen LogP contribution < -0.4 is 4.90 Å². The number of methoxy groups -OCH3 is 1. The van der Waals surface area contributed by atoms with E-state index in [0.29, 0.717) is 16.1 Å². The highest BCUT2D eigenvalue weighted by atomic mass is 32.1. The molecule has 0 spiro atoms. The van der Waals surface area contributed by atoms with E-state index in [1.165, 1.54) is 23.3 Å². The molecule has 0 bridgehead atoms. The number of ether oxygens (including phenoxy) is 1. The number of carboxylic acid groups (broad SMARTS) is 2. The van der Waals surface area contributed by atoms with Crippen molar-refractivity contribution in [2.45, 2.75) is 20.3 Å². The quantitative estimate of drug-likeness (QED) is 0.735. The smallest absolute Gasteiger partial charge is 0.341 e. The Hall–Kier alpha value is -2.09. The summed E-state index contributed by atoms with van der Waals surface area (Å²) in [6, 6.07) is 0. The minimum atomic E-state index is -1.10. The number of nitrogens with zero attached hydrogens (tertiary/aromatic N) is 1. The van der Waals surface area contributed by atoms with Gasteiger partial charge in [-0.05, 0) is 19.4 Å². The Balaban J connectivity index is 3.22. The van der Waals surface area contributed by atoms with Crippen LogP contribution in [0.2, 0.25) is 0 Å². The summed E-state index contributed by atoms with van der Waals surface area (Å²) in [5.41, 5.74) is 1.01. The van der Waals surface area contributed by atoms with E-state index in [1.807, 2.05) is 6.92 Å². The van der Waals surface area contributed by atoms with Crippen molar-refractivity contribution in [3.05, 3.63) is 16.0 Å². The van der Waals surface area contributed by atoms with Gasteiger partial charge in [-0.2, -0.15) is 0 Å². The van der Waals surface area contributed by atoms with Crippen molar-refractivity contribution in [1.29, 1.82) is 0 Å². The molecule has 1 aromatic rings. The lowest BCUT2D eigenvalue weighted by Gasteiger charge is -2.21. The molecule has 2 N–H and O–H groups in total. The first-order chi connectivity index (χ1) is 9.77. The van der Waals surface area contributed by atoms with Crippen molar-refractivity contribution in [2.24, 2.45) is 0 Å². The molecule has 0 radical (unpaired) electrons. The zero-order chi connectivity index (χ0) is 16.2. The maximum absolute atomic E-state index is 11.9.